The summed E-state index contributed by atoms with van der Waals surface area (Å²) in [4.78, 5) is 20.1. The second-order valence-corrected chi connectivity index (χ2v) is 6.99. The molecule has 1 N–H and O–H groups in total. The quantitative estimate of drug-likeness (QED) is 0.940. The highest BCUT2D eigenvalue weighted by atomic mass is 19.1. The molecule has 5 heteroatoms. The Morgan fingerprint density at radius 2 is 2.00 bits per heavy atom. The van der Waals surface area contributed by atoms with Crippen LogP contribution in [0.4, 0.5) is 4.39 Å². The van der Waals surface area contributed by atoms with Crippen molar-refractivity contribution in [3.05, 3.63) is 35.3 Å². The molecule has 0 unspecified atom stereocenters. The number of H-pyrrole nitrogens is 1. The molecular formula is C19H24FN3O. The van der Waals surface area contributed by atoms with Gasteiger partial charge in [-0.3, -0.25) is 9.69 Å². The Balaban J connectivity index is 1.41. The number of fused-ring (bicyclic) bond motifs is 3. The van der Waals surface area contributed by atoms with Crippen LogP contribution in [0.5, 0.6) is 0 Å². The number of hydrogen-bond donors (Lipinski definition) is 1. The third-order valence-corrected chi connectivity index (χ3v) is 5.37. The van der Waals surface area contributed by atoms with Crippen LogP contribution in [-0.4, -0.2) is 46.9 Å². The topological polar surface area (TPSA) is 39.3 Å². The van der Waals surface area contributed by atoms with Gasteiger partial charge in [0, 0.05) is 62.2 Å². The zero-order valence-corrected chi connectivity index (χ0v) is 14.0. The van der Waals surface area contributed by atoms with Gasteiger partial charge in [-0.25, -0.2) is 4.39 Å². The number of nitrogens with one attached hydrogen (secondary N) is 1. The average Bonchev–Trinajstić information content (AvgIpc) is 2.97. The van der Waals surface area contributed by atoms with Crippen molar-refractivity contribution in [2.24, 2.45) is 0 Å². The second kappa shape index (κ2) is 6.55. The molecule has 2 aromatic rings. The summed E-state index contributed by atoms with van der Waals surface area (Å²) in [6, 6.07) is 4.93. The van der Waals surface area contributed by atoms with E-state index in [9.17, 15) is 9.18 Å². The van der Waals surface area contributed by atoms with Crippen LogP contribution in [0.2, 0.25) is 0 Å². The highest BCUT2D eigenvalue weighted by Gasteiger charge is 2.22. The molecule has 0 spiro atoms. The first kappa shape index (κ1) is 15.6. The summed E-state index contributed by atoms with van der Waals surface area (Å²) in [7, 11) is 0. The minimum Gasteiger partial charge on any atom is -0.358 e. The molecule has 4 rings (SSSR count). The molecule has 4 nitrogen and oxygen atoms in total. The lowest BCUT2D eigenvalue weighted by molar-refractivity contribution is -0.132. The van der Waals surface area contributed by atoms with E-state index in [4.69, 9.17) is 0 Å². The Kier molecular flexibility index (Phi) is 4.27. The van der Waals surface area contributed by atoms with Crippen molar-refractivity contribution >= 4 is 16.8 Å². The highest BCUT2D eigenvalue weighted by molar-refractivity contribution is 5.85. The Hall–Kier alpha value is -1.88. The molecule has 2 aliphatic rings. The van der Waals surface area contributed by atoms with Gasteiger partial charge < -0.3 is 9.88 Å². The summed E-state index contributed by atoms with van der Waals surface area (Å²) >= 11 is 0. The standard InChI is InChI=1S/C19H24FN3O/c20-14-4-5-17-15(12-14)16-13-22(10-6-18(16)21-17)11-7-19(24)23-8-2-1-3-9-23/h4-5,12,21H,1-3,6-11,13H2. The summed E-state index contributed by atoms with van der Waals surface area (Å²) in [6.45, 7) is 4.38. The first-order valence-electron chi connectivity index (χ1n) is 9.00. The average molecular weight is 329 g/mol. The number of aromatic amines is 1. The van der Waals surface area contributed by atoms with Gasteiger partial charge in [0.05, 0.1) is 0 Å². The van der Waals surface area contributed by atoms with E-state index in [1.165, 1.54) is 23.7 Å². The number of hydrogen-bond acceptors (Lipinski definition) is 2. The molecule has 3 heterocycles. The van der Waals surface area contributed by atoms with Gasteiger partial charge in [0.2, 0.25) is 5.91 Å². The minimum atomic E-state index is -0.193. The smallest absolute Gasteiger partial charge is 0.223 e. The Bertz CT molecular complexity index is 748. The van der Waals surface area contributed by atoms with Gasteiger partial charge in [0.15, 0.2) is 0 Å². The lowest BCUT2D eigenvalue weighted by Crippen LogP contribution is -2.38. The molecule has 0 saturated carbocycles. The number of halogens is 1. The van der Waals surface area contributed by atoms with Crippen LogP contribution < -0.4 is 0 Å². The number of benzene rings is 1. The van der Waals surface area contributed by atoms with Crippen LogP contribution in [0.25, 0.3) is 10.9 Å². The fourth-order valence-electron chi connectivity index (χ4n) is 3.99. The predicted octanol–water partition coefficient (Wildman–Crippen LogP) is 3.07. The number of likely N-dealkylation sites (tertiary alicyclic amines) is 1. The van der Waals surface area contributed by atoms with Crippen LogP contribution in [0.15, 0.2) is 18.2 Å². The van der Waals surface area contributed by atoms with Crippen LogP contribution in [0.1, 0.15) is 36.9 Å². The van der Waals surface area contributed by atoms with E-state index in [1.807, 2.05) is 11.0 Å². The van der Waals surface area contributed by atoms with Gasteiger partial charge in [-0.05, 0) is 43.0 Å². The van der Waals surface area contributed by atoms with E-state index in [0.717, 1.165) is 62.9 Å². The maximum atomic E-state index is 13.6. The molecule has 1 aromatic heterocycles. The minimum absolute atomic E-state index is 0.193. The number of amides is 1. The molecule has 0 radical (unpaired) electrons. The molecular weight excluding hydrogens is 305 g/mol. The molecule has 0 aliphatic carbocycles. The number of nitrogens with zero attached hydrogens (tertiary/aromatic N) is 2. The summed E-state index contributed by atoms with van der Waals surface area (Å²) in [5, 5.41) is 0.983. The van der Waals surface area contributed by atoms with Crippen LogP contribution in [0.3, 0.4) is 0 Å². The van der Waals surface area contributed by atoms with E-state index < -0.39 is 0 Å². The van der Waals surface area contributed by atoms with Gasteiger partial charge in [-0.1, -0.05) is 0 Å². The third kappa shape index (κ3) is 3.05. The van der Waals surface area contributed by atoms with Crippen molar-refractivity contribution in [1.82, 2.24) is 14.8 Å². The number of carbonyl (C=O) groups is 1. The van der Waals surface area contributed by atoms with E-state index in [1.54, 1.807) is 6.07 Å². The van der Waals surface area contributed by atoms with Gasteiger partial charge in [-0.2, -0.15) is 0 Å². The van der Waals surface area contributed by atoms with Gasteiger partial charge in [0.1, 0.15) is 5.82 Å². The van der Waals surface area contributed by atoms with Crippen molar-refractivity contribution in [1.29, 1.82) is 0 Å². The molecule has 1 aromatic carbocycles. The Labute approximate surface area is 141 Å². The molecule has 1 saturated heterocycles. The van der Waals surface area contributed by atoms with E-state index in [2.05, 4.69) is 9.88 Å². The maximum absolute atomic E-state index is 13.6. The van der Waals surface area contributed by atoms with Gasteiger partial charge in [0.25, 0.3) is 0 Å². The fourth-order valence-corrected chi connectivity index (χ4v) is 3.99. The zero-order chi connectivity index (χ0) is 16.5. The van der Waals surface area contributed by atoms with Crippen molar-refractivity contribution in [3.8, 4) is 0 Å². The first-order chi connectivity index (χ1) is 11.7. The fraction of sp³-hybridized carbons (Fsp3) is 0.526. The predicted molar refractivity (Wildman–Crippen MR) is 92.3 cm³/mol. The lowest BCUT2D eigenvalue weighted by atomic mass is 10.0. The second-order valence-electron chi connectivity index (χ2n) is 6.99. The van der Waals surface area contributed by atoms with Gasteiger partial charge in [-0.15, -0.1) is 0 Å². The maximum Gasteiger partial charge on any atom is 0.223 e. The molecule has 1 amide bonds. The molecule has 0 atom stereocenters. The van der Waals surface area contributed by atoms with Gasteiger partial charge >= 0.3 is 0 Å². The molecule has 2 aliphatic heterocycles. The number of piperidine rings is 1. The summed E-state index contributed by atoms with van der Waals surface area (Å²) in [5.74, 6) is 0.0900. The first-order valence-corrected chi connectivity index (χ1v) is 9.00. The van der Waals surface area contributed by atoms with Crippen molar-refractivity contribution in [2.45, 2.75) is 38.6 Å². The number of aromatic nitrogens is 1. The van der Waals surface area contributed by atoms with Crippen molar-refractivity contribution in [2.75, 3.05) is 26.2 Å². The third-order valence-electron chi connectivity index (χ3n) is 5.37. The Morgan fingerprint density at radius 1 is 1.17 bits per heavy atom. The molecule has 24 heavy (non-hydrogen) atoms. The Morgan fingerprint density at radius 3 is 2.83 bits per heavy atom. The monoisotopic (exact) mass is 329 g/mol. The lowest BCUT2D eigenvalue weighted by Gasteiger charge is -2.30. The van der Waals surface area contributed by atoms with E-state index >= 15 is 0 Å². The zero-order valence-electron chi connectivity index (χ0n) is 14.0. The largest absolute Gasteiger partial charge is 0.358 e. The van der Waals surface area contributed by atoms with Crippen LogP contribution >= 0.6 is 0 Å². The SMILES string of the molecule is O=C(CCN1CCc2[nH]c3ccc(F)cc3c2C1)N1CCCCC1. The van der Waals surface area contributed by atoms with Crippen molar-refractivity contribution in [3.63, 3.8) is 0 Å². The van der Waals surface area contributed by atoms with Crippen LogP contribution in [-0.2, 0) is 17.8 Å². The van der Waals surface area contributed by atoms with Crippen molar-refractivity contribution < 1.29 is 9.18 Å². The summed E-state index contributed by atoms with van der Waals surface area (Å²) in [5.41, 5.74) is 3.42. The summed E-state index contributed by atoms with van der Waals surface area (Å²) in [6.07, 6.45) is 5.05. The van der Waals surface area contributed by atoms with E-state index in [-0.39, 0.29) is 11.7 Å². The molecule has 1 fully saturated rings. The number of rotatable bonds is 3. The highest BCUT2D eigenvalue weighted by Crippen LogP contribution is 2.28. The van der Waals surface area contributed by atoms with E-state index in [0.29, 0.717) is 6.42 Å². The summed E-state index contributed by atoms with van der Waals surface area (Å²) < 4.78 is 13.6. The number of carbonyl (C=O) groups excluding carboxylic acids is 1. The normalized spacial score (nSPS) is 18.8. The van der Waals surface area contributed by atoms with Crippen LogP contribution in [0, 0.1) is 5.82 Å². The molecule has 0 bridgehead atoms. The molecule has 128 valence electrons.